The summed E-state index contributed by atoms with van der Waals surface area (Å²) in [5.74, 6) is -0.392. The van der Waals surface area contributed by atoms with Crippen LogP contribution in [0.25, 0.3) is 0 Å². The molecule has 0 aliphatic rings. The van der Waals surface area contributed by atoms with E-state index in [1.54, 1.807) is 51.1 Å². The van der Waals surface area contributed by atoms with Crippen LogP contribution >= 0.6 is 0 Å². The SMILES string of the molecule is Cc1ccc(Cn2ccccc2=NC(=O)c2cccc(NC(=O)OC(C)(C)C)c2)cc1. The van der Waals surface area contributed by atoms with Crippen LogP contribution in [0.1, 0.15) is 42.3 Å². The molecule has 1 aromatic heterocycles. The normalized spacial score (nSPS) is 11.8. The van der Waals surface area contributed by atoms with Crippen molar-refractivity contribution in [1.82, 2.24) is 4.57 Å². The van der Waals surface area contributed by atoms with E-state index in [1.807, 2.05) is 29.8 Å². The number of hydrogen-bond acceptors (Lipinski definition) is 3. The Morgan fingerprint density at radius 1 is 1.00 bits per heavy atom. The van der Waals surface area contributed by atoms with Crippen LogP contribution in [0.5, 0.6) is 0 Å². The van der Waals surface area contributed by atoms with E-state index in [-0.39, 0.29) is 0 Å². The molecule has 2 aromatic carbocycles. The number of carbonyl (C=O) groups is 2. The third-order valence-electron chi connectivity index (χ3n) is 4.36. The molecule has 0 unspecified atom stereocenters. The van der Waals surface area contributed by atoms with Crippen molar-refractivity contribution in [2.24, 2.45) is 4.99 Å². The highest BCUT2D eigenvalue weighted by Gasteiger charge is 2.16. The Morgan fingerprint density at radius 3 is 2.45 bits per heavy atom. The second-order valence-corrected chi connectivity index (χ2v) is 8.30. The Labute approximate surface area is 182 Å². The molecule has 0 saturated carbocycles. The lowest BCUT2D eigenvalue weighted by Crippen LogP contribution is -2.27. The molecule has 0 aliphatic carbocycles. The molecule has 0 fully saturated rings. The number of aryl methyl sites for hydroxylation is 1. The summed E-state index contributed by atoms with van der Waals surface area (Å²) in [6.45, 7) is 8.02. The molecule has 0 aliphatic heterocycles. The van der Waals surface area contributed by atoms with E-state index in [0.717, 1.165) is 5.56 Å². The quantitative estimate of drug-likeness (QED) is 0.654. The minimum atomic E-state index is -0.606. The number of benzene rings is 2. The van der Waals surface area contributed by atoms with E-state index in [4.69, 9.17) is 4.74 Å². The molecule has 0 saturated heterocycles. The van der Waals surface area contributed by atoms with Crippen molar-refractivity contribution in [3.63, 3.8) is 0 Å². The number of ether oxygens (including phenoxy) is 1. The van der Waals surface area contributed by atoms with E-state index in [9.17, 15) is 9.59 Å². The number of nitrogens with zero attached hydrogens (tertiary/aromatic N) is 2. The standard InChI is InChI=1S/C25H27N3O3/c1-18-11-13-19(14-12-18)17-28-15-6-5-10-22(28)27-23(29)20-8-7-9-21(16-20)26-24(30)31-25(2,3)4/h5-16H,17H2,1-4H3,(H,26,30). The lowest BCUT2D eigenvalue weighted by Gasteiger charge is -2.19. The van der Waals surface area contributed by atoms with Gasteiger partial charge in [-0.25, -0.2) is 4.79 Å². The summed E-state index contributed by atoms with van der Waals surface area (Å²) in [7, 11) is 0. The molecule has 1 N–H and O–H groups in total. The maximum absolute atomic E-state index is 12.8. The van der Waals surface area contributed by atoms with Crippen LogP contribution in [0.15, 0.2) is 77.9 Å². The van der Waals surface area contributed by atoms with Gasteiger partial charge in [0.05, 0.1) is 0 Å². The van der Waals surface area contributed by atoms with Gasteiger partial charge >= 0.3 is 6.09 Å². The summed E-state index contributed by atoms with van der Waals surface area (Å²) in [6.07, 6.45) is 1.32. The van der Waals surface area contributed by atoms with Gasteiger partial charge in [0, 0.05) is 24.0 Å². The summed E-state index contributed by atoms with van der Waals surface area (Å²) in [5, 5.41) is 2.65. The maximum Gasteiger partial charge on any atom is 0.412 e. The van der Waals surface area contributed by atoms with Crippen LogP contribution < -0.4 is 10.8 Å². The van der Waals surface area contributed by atoms with Gasteiger partial charge in [0.15, 0.2) is 0 Å². The van der Waals surface area contributed by atoms with Crippen LogP contribution in [0, 0.1) is 6.92 Å². The monoisotopic (exact) mass is 417 g/mol. The molecule has 0 radical (unpaired) electrons. The topological polar surface area (TPSA) is 72.7 Å². The zero-order chi connectivity index (χ0) is 22.4. The molecule has 6 nitrogen and oxygen atoms in total. The number of hydrogen-bond donors (Lipinski definition) is 1. The molecular weight excluding hydrogens is 390 g/mol. The molecular formula is C25H27N3O3. The predicted molar refractivity (Wildman–Crippen MR) is 121 cm³/mol. The second kappa shape index (κ2) is 9.43. The summed E-state index contributed by atoms with van der Waals surface area (Å²) in [6, 6.07) is 20.4. The molecule has 3 aromatic rings. The van der Waals surface area contributed by atoms with Crippen molar-refractivity contribution in [2.75, 3.05) is 5.32 Å². The van der Waals surface area contributed by atoms with Crippen LogP contribution in [-0.2, 0) is 11.3 Å². The average molecular weight is 418 g/mol. The second-order valence-electron chi connectivity index (χ2n) is 8.30. The minimum Gasteiger partial charge on any atom is -0.444 e. The van der Waals surface area contributed by atoms with Gasteiger partial charge in [0.1, 0.15) is 11.1 Å². The molecule has 6 heteroatoms. The minimum absolute atomic E-state index is 0.374. The first-order chi connectivity index (χ1) is 14.7. The Kier molecular flexibility index (Phi) is 6.70. The van der Waals surface area contributed by atoms with Crippen molar-refractivity contribution in [1.29, 1.82) is 0 Å². The Balaban J connectivity index is 1.81. The van der Waals surface area contributed by atoms with Gasteiger partial charge in [-0.1, -0.05) is 42.0 Å². The van der Waals surface area contributed by atoms with Crippen LogP contribution in [0.2, 0.25) is 0 Å². The Hall–Kier alpha value is -3.67. The van der Waals surface area contributed by atoms with Gasteiger partial charge in [-0.05, 0) is 63.6 Å². The van der Waals surface area contributed by atoms with E-state index in [0.29, 0.717) is 23.3 Å². The average Bonchev–Trinajstić information content (AvgIpc) is 2.70. The summed E-state index contributed by atoms with van der Waals surface area (Å²) >= 11 is 0. The maximum atomic E-state index is 12.8. The first-order valence-electron chi connectivity index (χ1n) is 10.1. The van der Waals surface area contributed by atoms with Gasteiger partial charge in [-0.3, -0.25) is 10.1 Å². The smallest absolute Gasteiger partial charge is 0.412 e. The Morgan fingerprint density at radius 2 is 1.74 bits per heavy atom. The zero-order valence-corrected chi connectivity index (χ0v) is 18.3. The van der Waals surface area contributed by atoms with E-state index in [2.05, 4.69) is 34.6 Å². The molecule has 3 rings (SSSR count). The molecule has 0 atom stereocenters. The van der Waals surface area contributed by atoms with Gasteiger partial charge in [0.25, 0.3) is 5.91 Å². The fourth-order valence-electron chi connectivity index (χ4n) is 2.91. The number of carbonyl (C=O) groups excluding carboxylic acids is 2. The van der Waals surface area contributed by atoms with Crippen LogP contribution in [-0.4, -0.2) is 22.2 Å². The van der Waals surface area contributed by atoms with Gasteiger partial charge < -0.3 is 9.30 Å². The van der Waals surface area contributed by atoms with Crippen molar-refractivity contribution in [3.8, 4) is 0 Å². The van der Waals surface area contributed by atoms with Crippen molar-refractivity contribution in [2.45, 2.75) is 39.8 Å². The van der Waals surface area contributed by atoms with Crippen LogP contribution in [0.4, 0.5) is 10.5 Å². The Bertz CT molecular complexity index is 1140. The van der Waals surface area contributed by atoms with Crippen LogP contribution in [0.3, 0.4) is 0 Å². The fourth-order valence-corrected chi connectivity index (χ4v) is 2.91. The molecule has 0 spiro atoms. The highest BCUT2D eigenvalue weighted by atomic mass is 16.6. The zero-order valence-electron chi connectivity index (χ0n) is 18.3. The first kappa shape index (κ1) is 22.0. The third kappa shape index (κ3) is 6.67. The number of nitrogens with one attached hydrogen (secondary N) is 1. The highest BCUT2D eigenvalue weighted by Crippen LogP contribution is 2.14. The molecule has 31 heavy (non-hydrogen) atoms. The number of pyridine rings is 1. The van der Waals surface area contributed by atoms with Gasteiger partial charge in [-0.15, -0.1) is 0 Å². The highest BCUT2D eigenvalue weighted by molar-refractivity contribution is 5.96. The molecule has 160 valence electrons. The predicted octanol–water partition coefficient (Wildman–Crippen LogP) is 4.93. The van der Waals surface area contributed by atoms with E-state index >= 15 is 0 Å². The largest absolute Gasteiger partial charge is 0.444 e. The fraction of sp³-hybridized carbons (Fsp3) is 0.240. The van der Waals surface area contributed by atoms with Crippen molar-refractivity contribution < 1.29 is 14.3 Å². The van der Waals surface area contributed by atoms with Gasteiger partial charge in [0.2, 0.25) is 0 Å². The van der Waals surface area contributed by atoms with Crippen molar-refractivity contribution >= 4 is 17.7 Å². The van der Waals surface area contributed by atoms with E-state index in [1.165, 1.54) is 5.56 Å². The summed E-state index contributed by atoms with van der Waals surface area (Å²) in [5.41, 5.74) is 3.11. The molecule has 0 bridgehead atoms. The lowest BCUT2D eigenvalue weighted by atomic mass is 10.1. The number of amides is 2. The van der Waals surface area contributed by atoms with Gasteiger partial charge in [-0.2, -0.15) is 4.99 Å². The summed E-state index contributed by atoms with van der Waals surface area (Å²) in [4.78, 5) is 29.1. The lowest BCUT2D eigenvalue weighted by molar-refractivity contribution is 0.0635. The van der Waals surface area contributed by atoms with E-state index < -0.39 is 17.6 Å². The van der Waals surface area contributed by atoms with Crippen molar-refractivity contribution in [3.05, 3.63) is 95.1 Å². The molecule has 1 heterocycles. The molecule has 2 amide bonds. The first-order valence-corrected chi connectivity index (χ1v) is 10.1. The number of rotatable bonds is 4. The number of aromatic nitrogens is 1. The summed E-state index contributed by atoms with van der Waals surface area (Å²) < 4.78 is 7.18. The third-order valence-corrected chi connectivity index (χ3v) is 4.36. The number of anilines is 1.